The quantitative estimate of drug-likeness (QED) is 0.853. The van der Waals surface area contributed by atoms with Gasteiger partial charge in [-0.2, -0.15) is 0 Å². The van der Waals surface area contributed by atoms with Crippen LogP contribution in [0.3, 0.4) is 0 Å². The van der Waals surface area contributed by atoms with Gasteiger partial charge in [0.05, 0.1) is 4.47 Å². The first-order chi connectivity index (χ1) is 10.1. The summed E-state index contributed by atoms with van der Waals surface area (Å²) in [5.41, 5.74) is 1.14. The number of aliphatic hydroxyl groups is 1. The van der Waals surface area contributed by atoms with Gasteiger partial charge in [-0.05, 0) is 66.2 Å². The van der Waals surface area contributed by atoms with E-state index < -0.39 is 0 Å². The first kappa shape index (κ1) is 16.3. The molecular formula is C16H22BrNO3. The lowest BCUT2D eigenvalue weighted by Crippen LogP contribution is -2.38. The van der Waals surface area contributed by atoms with Crippen LogP contribution in [0.25, 0.3) is 0 Å². The van der Waals surface area contributed by atoms with Crippen molar-refractivity contribution in [1.29, 1.82) is 0 Å². The lowest BCUT2D eigenvalue weighted by Gasteiger charge is -2.24. The summed E-state index contributed by atoms with van der Waals surface area (Å²) in [5.74, 6) is 0.725. The van der Waals surface area contributed by atoms with E-state index in [2.05, 4.69) is 15.9 Å². The van der Waals surface area contributed by atoms with Crippen LogP contribution in [0.15, 0.2) is 22.7 Å². The molecule has 1 amide bonds. The second kappa shape index (κ2) is 7.80. The molecule has 4 nitrogen and oxygen atoms in total. The zero-order chi connectivity index (χ0) is 15.2. The number of hydrogen-bond acceptors (Lipinski definition) is 3. The van der Waals surface area contributed by atoms with Gasteiger partial charge < -0.3 is 14.7 Å². The molecule has 0 aliphatic carbocycles. The van der Waals surface area contributed by atoms with Crippen LogP contribution < -0.4 is 4.74 Å². The second-order valence-electron chi connectivity index (χ2n) is 5.47. The molecule has 0 bridgehead atoms. The van der Waals surface area contributed by atoms with Crippen molar-refractivity contribution in [2.45, 2.75) is 38.6 Å². The van der Waals surface area contributed by atoms with Crippen LogP contribution in [0.2, 0.25) is 0 Å². The predicted molar refractivity (Wildman–Crippen MR) is 85.4 cm³/mol. The maximum atomic E-state index is 12.3. The Balaban J connectivity index is 1.88. The fraction of sp³-hybridized carbons (Fsp3) is 0.562. The molecule has 5 heteroatoms. The Morgan fingerprint density at radius 2 is 2.33 bits per heavy atom. The van der Waals surface area contributed by atoms with Crippen LogP contribution >= 0.6 is 15.9 Å². The molecule has 1 unspecified atom stereocenters. The third-order valence-electron chi connectivity index (χ3n) is 3.83. The van der Waals surface area contributed by atoms with Crippen molar-refractivity contribution >= 4 is 21.8 Å². The third-order valence-corrected chi connectivity index (χ3v) is 4.45. The molecule has 1 aromatic rings. The molecule has 1 saturated heterocycles. The summed E-state index contributed by atoms with van der Waals surface area (Å²) in [6, 6.07) is 6.07. The number of amides is 1. The molecule has 1 aliphatic rings. The first-order valence-electron chi connectivity index (χ1n) is 7.41. The van der Waals surface area contributed by atoms with Crippen LogP contribution in [0.1, 0.15) is 31.2 Å². The van der Waals surface area contributed by atoms with Crippen LogP contribution in [0, 0.1) is 6.92 Å². The molecule has 1 N–H and O–H groups in total. The number of hydrogen-bond donors (Lipinski definition) is 1. The number of rotatable bonds is 6. The summed E-state index contributed by atoms with van der Waals surface area (Å²) in [5, 5.41) is 8.92. The number of carbonyl (C=O) groups excluding carboxylic acids is 1. The van der Waals surface area contributed by atoms with Crippen molar-refractivity contribution in [1.82, 2.24) is 4.90 Å². The van der Waals surface area contributed by atoms with Crippen LogP contribution in [-0.2, 0) is 4.79 Å². The van der Waals surface area contributed by atoms with Gasteiger partial charge in [-0.1, -0.05) is 6.07 Å². The summed E-state index contributed by atoms with van der Waals surface area (Å²) < 4.78 is 6.50. The van der Waals surface area contributed by atoms with E-state index in [4.69, 9.17) is 9.84 Å². The van der Waals surface area contributed by atoms with Crippen LogP contribution in [0.5, 0.6) is 5.75 Å². The van der Waals surface area contributed by atoms with Crippen molar-refractivity contribution in [2.75, 3.05) is 19.8 Å². The zero-order valence-corrected chi connectivity index (χ0v) is 13.9. The Labute approximate surface area is 134 Å². The first-order valence-corrected chi connectivity index (χ1v) is 8.20. The van der Waals surface area contributed by atoms with Gasteiger partial charge in [-0.15, -0.1) is 0 Å². The SMILES string of the molecule is Cc1ccc(OCC(=O)N2CCCC2CCCO)c(Br)c1. The topological polar surface area (TPSA) is 49.8 Å². The number of likely N-dealkylation sites (tertiary alicyclic amines) is 1. The van der Waals surface area contributed by atoms with E-state index in [0.717, 1.165) is 42.3 Å². The highest BCUT2D eigenvalue weighted by molar-refractivity contribution is 9.10. The molecular weight excluding hydrogens is 334 g/mol. The summed E-state index contributed by atoms with van der Waals surface area (Å²) in [6.45, 7) is 3.06. The third kappa shape index (κ3) is 4.45. The highest BCUT2D eigenvalue weighted by Gasteiger charge is 2.28. The summed E-state index contributed by atoms with van der Waals surface area (Å²) in [4.78, 5) is 14.2. The van der Waals surface area contributed by atoms with E-state index in [-0.39, 0.29) is 25.2 Å². The van der Waals surface area contributed by atoms with Crippen LogP contribution in [-0.4, -0.2) is 41.7 Å². The fourth-order valence-electron chi connectivity index (χ4n) is 2.74. The Hall–Kier alpha value is -1.07. The zero-order valence-electron chi connectivity index (χ0n) is 12.3. The van der Waals surface area contributed by atoms with Gasteiger partial charge in [0.25, 0.3) is 5.91 Å². The molecule has 1 fully saturated rings. The van der Waals surface area contributed by atoms with Crippen molar-refractivity contribution in [3.05, 3.63) is 28.2 Å². The number of ether oxygens (including phenoxy) is 1. The van der Waals surface area contributed by atoms with E-state index >= 15 is 0 Å². The number of carbonyl (C=O) groups is 1. The number of aryl methyl sites for hydroxylation is 1. The minimum absolute atomic E-state index is 0.0305. The molecule has 1 aliphatic heterocycles. The molecule has 2 rings (SSSR count). The second-order valence-corrected chi connectivity index (χ2v) is 6.33. The smallest absolute Gasteiger partial charge is 0.260 e. The maximum absolute atomic E-state index is 12.3. The average Bonchev–Trinajstić information content (AvgIpc) is 2.92. The van der Waals surface area contributed by atoms with E-state index in [1.807, 2.05) is 30.0 Å². The molecule has 0 radical (unpaired) electrons. The highest BCUT2D eigenvalue weighted by atomic mass is 79.9. The van der Waals surface area contributed by atoms with Crippen molar-refractivity contribution < 1.29 is 14.6 Å². The highest BCUT2D eigenvalue weighted by Crippen LogP contribution is 2.26. The largest absolute Gasteiger partial charge is 0.483 e. The lowest BCUT2D eigenvalue weighted by atomic mass is 10.1. The molecule has 0 saturated carbocycles. The normalized spacial score (nSPS) is 18.0. The molecule has 116 valence electrons. The lowest BCUT2D eigenvalue weighted by molar-refractivity contribution is -0.134. The Morgan fingerprint density at radius 1 is 1.52 bits per heavy atom. The number of halogens is 1. The van der Waals surface area contributed by atoms with E-state index in [9.17, 15) is 4.79 Å². The minimum atomic E-state index is 0.0305. The van der Waals surface area contributed by atoms with Crippen molar-refractivity contribution in [3.8, 4) is 5.75 Å². The van der Waals surface area contributed by atoms with E-state index in [0.29, 0.717) is 5.75 Å². The Kier molecular flexibility index (Phi) is 6.06. The van der Waals surface area contributed by atoms with E-state index in [1.54, 1.807) is 0 Å². The summed E-state index contributed by atoms with van der Waals surface area (Å²) >= 11 is 3.45. The van der Waals surface area contributed by atoms with E-state index in [1.165, 1.54) is 0 Å². The van der Waals surface area contributed by atoms with Gasteiger partial charge in [0.2, 0.25) is 0 Å². The molecule has 0 aromatic heterocycles. The molecule has 1 aromatic carbocycles. The number of aliphatic hydroxyl groups excluding tert-OH is 1. The van der Waals surface area contributed by atoms with Crippen molar-refractivity contribution in [2.24, 2.45) is 0 Å². The molecule has 1 atom stereocenters. The molecule has 0 spiro atoms. The standard InChI is InChI=1S/C16H22BrNO3/c1-12-6-7-15(14(17)10-12)21-11-16(20)18-8-2-4-13(18)5-3-9-19/h6-7,10,13,19H,2-5,8-9,11H2,1H3. The van der Waals surface area contributed by atoms with Gasteiger partial charge in [-0.25, -0.2) is 0 Å². The average molecular weight is 356 g/mol. The Bertz CT molecular complexity index is 492. The van der Waals surface area contributed by atoms with Gasteiger partial charge in [0, 0.05) is 19.2 Å². The summed E-state index contributed by atoms with van der Waals surface area (Å²) in [6.07, 6.45) is 3.69. The van der Waals surface area contributed by atoms with Gasteiger partial charge in [0.15, 0.2) is 6.61 Å². The molecule has 21 heavy (non-hydrogen) atoms. The summed E-state index contributed by atoms with van der Waals surface area (Å²) in [7, 11) is 0. The Morgan fingerprint density at radius 3 is 3.05 bits per heavy atom. The van der Waals surface area contributed by atoms with Gasteiger partial charge in [-0.3, -0.25) is 4.79 Å². The monoisotopic (exact) mass is 355 g/mol. The van der Waals surface area contributed by atoms with Gasteiger partial charge in [0.1, 0.15) is 5.75 Å². The van der Waals surface area contributed by atoms with Crippen molar-refractivity contribution in [3.63, 3.8) is 0 Å². The fourth-order valence-corrected chi connectivity index (χ4v) is 3.34. The molecule has 1 heterocycles. The van der Waals surface area contributed by atoms with Crippen LogP contribution in [0.4, 0.5) is 0 Å². The maximum Gasteiger partial charge on any atom is 0.260 e. The van der Waals surface area contributed by atoms with Gasteiger partial charge >= 0.3 is 0 Å². The predicted octanol–water partition coefficient (Wildman–Crippen LogP) is 2.90. The number of nitrogens with zero attached hydrogens (tertiary/aromatic N) is 1. The minimum Gasteiger partial charge on any atom is -0.483 e. The number of benzene rings is 1.